The summed E-state index contributed by atoms with van der Waals surface area (Å²) in [6.07, 6.45) is 0. The standard InChI is InChI=1S/C14H21F2N3O/c1-9(2)8-19(4-5-20-3)13-11(15)6-10(14(17)18)7-12(13)16/h6-7,9H,4-5,8H2,1-3H3,(H3,17,18). The molecule has 0 aliphatic carbocycles. The van der Waals surface area contributed by atoms with E-state index in [1.54, 1.807) is 12.0 Å². The van der Waals surface area contributed by atoms with Crippen molar-refractivity contribution in [1.29, 1.82) is 5.41 Å². The van der Waals surface area contributed by atoms with Crippen molar-refractivity contribution < 1.29 is 13.5 Å². The van der Waals surface area contributed by atoms with Crippen molar-refractivity contribution in [2.75, 3.05) is 31.7 Å². The van der Waals surface area contributed by atoms with Crippen LogP contribution in [0.25, 0.3) is 0 Å². The van der Waals surface area contributed by atoms with Gasteiger partial charge in [0.05, 0.1) is 6.61 Å². The van der Waals surface area contributed by atoms with Crippen LogP contribution in [0.3, 0.4) is 0 Å². The highest BCUT2D eigenvalue weighted by Crippen LogP contribution is 2.25. The average molecular weight is 285 g/mol. The van der Waals surface area contributed by atoms with E-state index in [1.807, 2.05) is 13.8 Å². The monoisotopic (exact) mass is 285 g/mol. The second-order valence-corrected chi connectivity index (χ2v) is 5.03. The van der Waals surface area contributed by atoms with Gasteiger partial charge in [0.2, 0.25) is 0 Å². The highest BCUT2D eigenvalue weighted by atomic mass is 19.1. The molecule has 4 nitrogen and oxygen atoms in total. The zero-order chi connectivity index (χ0) is 15.3. The van der Waals surface area contributed by atoms with E-state index < -0.39 is 11.6 Å². The van der Waals surface area contributed by atoms with Crippen LogP contribution in [0.4, 0.5) is 14.5 Å². The lowest BCUT2D eigenvalue weighted by atomic mass is 10.1. The van der Waals surface area contributed by atoms with Crippen LogP contribution in [0.1, 0.15) is 19.4 Å². The van der Waals surface area contributed by atoms with Crippen LogP contribution >= 0.6 is 0 Å². The van der Waals surface area contributed by atoms with Gasteiger partial charge in [0.15, 0.2) is 0 Å². The Kier molecular flexibility index (Phi) is 5.88. The van der Waals surface area contributed by atoms with E-state index in [4.69, 9.17) is 15.9 Å². The molecule has 112 valence electrons. The first kappa shape index (κ1) is 16.4. The summed E-state index contributed by atoms with van der Waals surface area (Å²) in [5.74, 6) is -1.54. The Hall–Kier alpha value is -1.69. The predicted octanol–water partition coefficient (Wildman–Crippen LogP) is 2.36. The topological polar surface area (TPSA) is 62.3 Å². The summed E-state index contributed by atoms with van der Waals surface area (Å²) in [6.45, 7) is 5.22. The maximum atomic E-state index is 14.1. The molecular weight excluding hydrogens is 264 g/mol. The molecule has 0 aliphatic rings. The first-order chi connectivity index (χ1) is 9.36. The van der Waals surface area contributed by atoms with Crippen LogP contribution < -0.4 is 10.6 Å². The van der Waals surface area contributed by atoms with E-state index in [-0.39, 0.29) is 23.0 Å². The van der Waals surface area contributed by atoms with Gasteiger partial charge in [0, 0.05) is 25.8 Å². The minimum absolute atomic E-state index is 0.0417. The molecule has 0 radical (unpaired) electrons. The Labute approximate surface area is 118 Å². The molecule has 0 saturated heterocycles. The van der Waals surface area contributed by atoms with E-state index in [9.17, 15) is 8.78 Å². The number of nitrogen functional groups attached to an aromatic ring is 1. The number of hydrogen-bond donors (Lipinski definition) is 2. The summed E-state index contributed by atoms with van der Waals surface area (Å²) in [6, 6.07) is 2.17. The van der Waals surface area contributed by atoms with Gasteiger partial charge in [-0.2, -0.15) is 0 Å². The number of ether oxygens (including phenoxy) is 1. The molecule has 0 spiro atoms. The number of amidine groups is 1. The normalized spacial score (nSPS) is 10.9. The summed E-state index contributed by atoms with van der Waals surface area (Å²) < 4.78 is 33.2. The highest BCUT2D eigenvalue weighted by molar-refractivity contribution is 5.95. The lowest BCUT2D eigenvalue weighted by molar-refractivity contribution is 0.204. The SMILES string of the molecule is COCCN(CC(C)C)c1c(F)cc(C(=N)N)cc1F. The van der Waals surface area contributed by atoms with Crippen LogP contribution in [-0.4, -0.2) is 32.6 Å². The number of benzene rings is 1. The van der Waals surface area contributed by atoms with Gasteiger partial charge in [0.25, 0.3) is 0 Å². The van der Waals surface area contributed by atoms with E-state index in [0.717, 1.165) is 12.1 Å². The van der Waals surface area contributed by atoms with Gasteiger partial charge in [-0.1, -0.05) is 13.8 Å². The van der Waals surface area contributed by atoms with Crippen LogP contribution in [0, 0.1) is 23.0 Å². The Balaban J connectivity index is 3.15. The molecule has 20 heavy (non-hydrogen) atoms. The Bertz CT molecular complexity index is 454. The molecule has 0 heterocycles. The van der Waals surface area contributed by atoms with E-state index in [2.05, 4.69) is 0 Å². The summed E-state index contributed by atoms with van der Waals surface area (Å²) >= 11 is 0. The molecule has 3 N–H and O–H groups in total. The lowest BCUT2D eigenvalue weighted by Gasteiger charge is -2.27. The Morgan fingerprint density at radius 1 is 1.35 bits per heavy atom. The van der Waals surface area contributed by atoms with Crippen molar-refractivity contribution >= 4 is 11.5 Å². The van der Waals surface area contributed by atoms with Gasteiger partial charge in [-0.05, 0) is 18.1 Å². The highest BCUT2D eigenvalue weighted by Gasteiger charge is 2.19. The fourth-order valence-electron chi connectivity index (χ4n) is 1.96. The number of hydrogen-bond acceptors (Lipinski definition) is 3. The Morgan fingerprint density at radius 3 is 2.30 bits per heavy atom. The second kappa shape index (κ2) is 7.19. The number of rotatable bonds is 7. The minimum atomic E-state index is -0.716. The molecule has 0 fully saturated rings. The number of nitrogens with one attached hydrogen (secondary N) is 1. The molecule has 0 atom stereocenters. The third-order valence-electron chi connectivity index (χ3n) is 2.79. The lowest BCUT2D eigenvalue weighted by Crippen LogP contribution is -2.32. The van der Waals surface area contributed by atoms with Gasteiger partial charge < -0.3 is 15.4 Å². The molecule has 0 amide bonds. The van der Waals surface area contributed by atoms with E-state index in [0.29, 0.717) is 19.7 Å². The van der Waals surface area contributed by atoms with E-state index >= 15 is 0 Å². The molecule has 0 unspecified atom stereocenters. The van der Waals surface area contributed by atoms with Crippen molar-refractivity contribution in [2.45, 2.75) is 13.8 Å². The second-order valence-electron chi connectivity index (χ2n) is 5.03. The first-order valence-corrected chi connectivity index (χ1v) is 6.44. The number of methoxy groups -OCH3 is 1. The van der Waals surface area contributed by atoms with E-state index in [1.165, 1.54) is 0 Å². The average Bonchev–Trinajstić information content (AvgIpc) is 2.33. The van der Waals surface area contributed by atoms with Crippen LogP contribution in [0.5, 0.6) is 0 Å². The zero-order valence-corrected chi connectivity index (χ0v) is 12.0. The molecule has 1 aromatic carbocycles. The van der Waals surface area contributed by atoms with Crippen LogP contribution in [0.2, 0.25) is 0 Å². The van der Waals surface area contributed by atoms with Crippen LogP contribution in [0.15, 0.2) is 12.1 Å². The van der Waals surface area contributed by atoms with Crippen LogP contribution in [-0.2, 0) is 4.74 Å². The molecule has 0 aliphatic heterocycles. The molecule has 1 aromatic rings. The number of anilines is 1. The molecule has 0 aromatic heterocycles. The van der Waals surface area contributed by atoms with Gasteiger partial charge in [-0.3, -0.25) is 5.41 Å². The van der Waals surface area contributed by atoms with Gasteiger partial charge in [0.1, 0.15) is 23.2 Å². The number of nitrogens with two attached hydrogens (primary N) is 1. The minimum Gasteiger partial charge on any atom is -0.384 e. The number of halogens is 2. The zero-order valence-electron chi connectivity index (χ0n) is 12.0. The van der Waals surface area contributed by atoms with Gasteiger partial charge in [-0.25, -0.2) is 8.78 Å². The third-order valence-corrected chi connectivity index (χ3v) is 2.79. The third kappa shape index (κ3) is 4.16. The summed E-state index contributed by atoms with van der Waals surface area (Å²) in [5, 5.41) is 7.24. The van der Waals surface area contributed by atoms with Crippen molar-refractivity contribution in [1.82, 2.24) is 0 Å². The van der Waals surface area contributed by atoms with Gasteiger partial charge in [-0.15, -0.1) is 0 Å². The maximum absolute atomic E-state index is 14.1. The number of nitrogens with zero attached hydrogens (tertiary/aromatic N) is 1. The largest absolute Gasteiger partial charge is 0.384 e. The van der Waals surface area contributed by atoms with Gasteiger partial charge >= 0.3 is 0 Å². The fourth-order valence-corrected chi connectivity index (χ4v) is 1.96. The van der Waals surface area contributed by atoms with Crippen molar-refractivity contribution in [3.63, 3.8) is 0 Å². The van der Waals surface area contributed by atoms with Crippen molar-refractivity contribution in [3.05, 3.63) is 29.3 Å². The molecule has 0 bridgehead atoms. The van der Waals surface area contributed by atoms with Crippen molar-refractivity contribution in [3.8, 4) is 0 Å². The summed E-state index contributed by atoms with van der Waals surface area (Å²) in [7, 11) is 1.54. The van der Waals surface area contributed by atoms with Crippen molar-refractivity contribution in [2.24, 2.45) is 11.7 Å². The molecule has 0 saturated carbocycles. The summed E-state index contributed by atoms with van der Waals surface area (Å²) in [5.41, 5.74) is 5.20. The molecular formula is C14H21F2N3O. The fraction of sp³-hybridized carbons (Fsp3) is 0.500. The Morgan fingerprint density at radius 2 is 1.90 bits per heavy atom. The first-order valence-electron chi connectivity index (χ1n) is 6.44. The maximum Gasteiger partial charge on any atom is 0.150 e. The quantitative estimate of drug-likeness (QED) is 0.597. The molecule has 1 rings (SSSR count). The molecule has 6 heteroatoms. The summed E-state index contributed by atoms with van der Waals surface area (Å²) in [4.78, 5) is 1.61. The predicted molar refractivity (Wildman–Crippen MR) is 76.3 cm³/mol. The smallest absolute Gasteiger partial charge is 0.150 e.